The van der Waals surface area contributed by atoms with Gasteiger partial charge in [0.25, 0.3) is 0 Å². The van der Waals surface area contributed by atoms with Crippen LogP contribution in [0.25, 0.3) is 0 Å². The van der Waals surface area contributed by atoms with E-state index in [9.17, 15) is 9.59 Å². The molecule has 146 valence electrons. The van der Waals surface area contributed by atoms with Gasteiger partial charge in [0, 0.05) is 23.8 Å². The van der Waals surface area contributed by atoms with E-state index in [1.165, 1.54) is 0 Å². The van der Waals surface area contributed by atoms with Crippen LogP contribution in [0.3, 0.4) is 0 Å². The van der Waals surface area contributed by atoms with Crippen LogP contribution >= 0.6 is 11.6 Å². The molecule has 4 rings (SSSR count). The first kappa shape index (κ1) is 18.9. The van der Waals surface area contributed by atoms with E-state index in [1.807, 2.05) is 30.3 Å². The van der Waals surface area contributed by atoms with Crippen LogP contribution in [-0.2, 0) is 9.59 Å². The van der Waals surface area contributed by atoms with Gasteiger partial charge in [0.2, 0.25) is 11.8 Å². The molecule has 2 aliphatic rings. The third-order valence-corrected chi connectivity index (χ3v) is 5.75. The number of hydrogen-bond donors (Lipinski definition) is 2. The number of fused-ring (bicyclic) bond motifs is 1. The van der Waals surface area contributed by atoms with Gasteiger partial charge in [-0.05, 0) is 42.9 Å². The number of anilines is 2. The fraction of sp³-hybridized carbons (Fsp3) is 0.333. The van der Waals surface area contributed by atoms with Crippen molar-refractivity contribution in [2.75, 3.05) is 30.0 Å². The van der Waals surface area contributed by atoms with Gasteiger partial charge in [-0.25, -0.2) is 10.4 Å². The van der Waals surface area contributed by atoms with Gasteiger partial charge in [-0.3, -0.25) is 9.59 Å². The van der Waals surface area contributed by atoms with Gasteiger partial charge in [0.15, 0.2) is 0 Å². The van der Waals surface area contributed by atoms with Gasteiger partial charge >= 0.3 is 0 Å². The number of hydrazine groups is 1. The molecule has 0 radical (unpaired) electrons. The van der Waals surface area contributed by atoms with Crippen LogP contribution < -0.4 is 15.8 Å². The summed E-state index contributed by atoms with van der Waals surface area (Å²) in [6, 6.07) is 16.3. The molecular formula is C21H23ClN4O2. The lowest BCUT2D eigenvalue weighted by molar-refractivity contribution is -0.126. The first-order valence-corrected chi connectivity index (χ1v) is 9.88. The summed E-state index contributed by atoms with van der Waals surface area (Å²) in [5.74, 6) is -0.675. The fourth-order valence-corrected chi connectivity index (χ4v) is 4.11. The molecule has 0 aliphatic carbocycles. The van der Waals surface area contributed by atoms with Gasteiger partial charge in [-0.15, -0.1) is 0 Å². The molecule has 0 spiro atoms. The van der Waals surface area contributed by atoms with Crippen molar-refractivity contribution in [3.05, 3.63) is 59.6 Å². The number of carbonyl (C=O) groups is 2. The molecular weight excluding hydrogens is 376 g/mol. The summed E-state index contributed by atoms with van der Waals surface area (Å²) in [4.78, 5) is 28.3. The zero-order valence-corrected chi connectivity index (χ0v) is 16.4. The molecule has 2 fully saturated rings. The van der Waals surface area contributed by atoms with E-state index in [-0.39, 0.29) is 29.7 Å². The first-order chi connectivity index (χ1) is 13.6. The fourth-order valence-electron chi connectivity index (χ4n) is 3.98. The van der Waals surface area contributed by atoms with Crippen molar-refractivity contribution in [2.45, 2.75) is 13.0 Å². The number of carbonyl (C=O) groups excluding carboxylic acids is 2. The molecule has 2 aromatic carbocycles. The second-order valence-corrected chi connectivity index (χ2v) is 7.66. The lowest BCUT2D eigenvalue weighted by Gasteiger charge is -2.37. The smallest absolute Gasteiger partial charge is 0.247 e. The number of para-hydroxylation sites is 1. The third-order valence-electron chi connectivity index (χ3n) is 5.50. The monoisotopic (exact) mass is 398 g/mol. The van der Waals surface area contributed by atoms with Gasteiger partial charge in [0.05, 0.1) is 23.6 Å². The minimum Gasteiger partial charge on any atom is -0.326 e. The molecule has 2 N–H and O–H groups in total. The van der Waals surface area contributed by atoms with Gasteiger partial charge < -0.3 is 10.2 Å². The van der Waals surface area contributed by atoms with Crippen molar-refractivity contribution < 1.29 is 9.59 Å². The summed E-state index contributed by atoms with van der Waals surface area (Å²) in [6.45, 7) is 4.12. The van der Waals surface area contributed by atoms with Crippen LogP contribution in [-0.4, -0.2) is 42.4 Å². The summed E-state index contributed by atoms with van der Waals surface area (Å²) in [5.41, 5.74) is 4.80. The molecule has 2 aromatic rings. The predicted molar refractivity (Wildman–Crippen MR) is 110 cm³/mol. The molecule has 28 heavy (non-hydrogen) atoms. The van der Waals surface area contributed by atoms with Crippen LogP contribution in [0, 0.1) is 11.8 Å². The Labute approximate surface area is 169 Å². The second-order valence-electron chi connectivity index (χ2n) is 7.23. The van der Waals surface area contributed by atoms with Gasteiger partial charge in [0.1, 0.15) is 0 Å². The van der Waals surface area contributed by atoms with Crippen LogP contribution in [0.1, 0.15) is 6.92 Å². The normalized spacial score (nSPS) is 24.9. The molecule has 2 amide bonds. The third kappa shape index (κ3) is 3.63. The van der Waals surface area contributed by atoms with Crippen LogP contribution in [0.5, 0.6) is 0 Å². The number of nitrogens with zero attached hydrogens (tertiary/aromatic N) is 2. The van der Waals surface area contributed by atoms with E-state index in [1.54, 1.807) is 29.3 Å². The number of piperidine rings is 1. The highest BCUT2D eigenvalue weighted by molar-refractivity contribution is 6.30. The predicted octanol–water partition coefficient (Wildman–Crippen LogP) is 2.77. The largest absolute Gasteiger partial charge is 0.326 e. The standard InChI is InChI=1S/C21H23ClN4O2/c1-2-25-12-17(20(27)23-15-10-8-14(22)9-11-15)19-18(13-25)21(28)26(24-19)16-6-4-3-5-7-16/h3-11,17-19,24H,2,12-13H2,1H3,(H,23,27). The molecule has 6 nitrogen and oxygen atoms in total. The number of nitrogens with one attached hydrogen (secondary N) is 2. The van der Waals surface area contributed by atoms with Gasteiger partial charge in [-0.1, -0.05) is 36.7 Å². The Morgan fingerprint density at radius 2 is 1.86 bits per heavy atom. The SMILES string of the molecule is CCN1CC(C(=O)Nc2ccc(Cl)cc2)C2NN(c3ccccc3)C(=O)C2C1. The minimum atomic E-state index is -0.341. The quantitative estimate of drug-likeness (QED) is 0.831. The van der Waals surface area contributed by atoms with E-state index >= 15 is 0 Å². The second kappa shape index (κ2) is 7.91. The van der Waals surface area contributed by atoms with Crippen molar-refractivity contribution in [1.29, 1.82) is 0 Å². The molecule has 2 heterocycles. The van der Waals surface area contributed by atoms with Crippen molar-refractivity contribution >= 4 is 34.8 Å². The Morgan fingerprint density at radius 1 is 1.14 bits per heavy atom. The average molecular weight is 399 g/mol. The summed E-state index contributed by atoms with van der Waals surface area (Å²) in [5, 5.41) is 5.19. The Kier molecular flexibility index (Phi) is 5.35. The van der Waals surface area contributed by atoms with E-state index in [4.69, 9.17) is 11.6 Å². The summed E-state index contributed by atoms with van der Waals surface area (Å²) >= 11 is 5.93. The lowest BCUT2D eigenvalue weighted by atomic mass is 9.84. The maximum absolute atomic E-state index is 13.1. The number of halogens is 1. The zero-order chi connectivity index (χ0) is 19.7. The molecule has 2 aliphatic heterocycles. The van der Waals surface area contributed by atoms with E-state index < -0.39 is 0 Å². The summed E-state index contributed by atoms with van der Waals surface area (Å²) in [7, 11) is 0. The van der Waals surface area contributed by atoms with Crippen molar-refractivity contribution in [2.24, 2.45) is 11.8 Å². The number of likely N-dealkylation sites (tertiary alicyclic amines) is 1. The Hall–Kier alpha value is -2.41. The molecule has 0 bridgehead atoms. The number of rotatable bonds is 4. The van der Waals surface area contributed by atoms with Crippen LogP contribution in [0.4, 0.5) is 11.4 Å². The average Bonchev–Trinajstić information content (AvgIpc) is 3.06. The Balaban J connectivity index is 1.57. The number of benzene rings is 2. The van der Waals surface area contributed by atoms with E-state index in [0.29, 0.717) is 23.8 Å². The van der Waals surface area contributed by atoms with E-state index in [0.717, 1.165) is 12.2 Å². The van der Waals surface area contributed by atoms with Crippen LogP contribution in [0.2, 0.25) is 5.02 Å². The maximum atomic E-state index is 13.1. The topological polar surface area (TPSA) is 64.7 Å². The Bertz CT molecular complexity index is 858. The maximum Gasteiger partial charge on any atom is 0.247 e. The number of amides is 2. The molecule has 0 aromatic heterocycles. The minimum absolute atomic E-state index is 0.0126. The molecule has 0 saturated carbocycles. The zero-order valence-electron chi connectivity index (χ0n) is 15.6. The van der Waals surface area contributed by atoms with Gasteiger partial charge in [-0.2, -0.15) is 0 Å². The van der Waals surface area contributed by atoms with Crippen molar-refractivity contribution in [3.63, 3.8) is 0 Å². The summed E-state index contributed by atoms with van der Waals surface area (Å²) in [6.07, 6.45) is 0. The van der Waals surface area contributed by atoms with E-state index in [2.05, 4.69) is 22.6 Å². The Morgan fingerprint density at radius 3 is 2.54 bits per heavy atom. The van der Waals surface area contributed by atoms with Crippen molar-refractivity contribution in [1.82, 2.24) is 10.3 Å². The number of hydrogen-bond acceptors (Lipinski definition) is 4. The summed E-state index contributed by atoms with van der Waals surface area (Å²) < 4.78 is 0. The molecule has 3 atom stereocenters. The first-order valence-electron chi connectivity index (χ1n) is 9.51. The van der Waals surface area contributed by atoms with Crippen LogP contribution in [0.15, 0.2) is 54.6 Å². The molecule has 7 heteroatoms. The van der Waals surface area contributed by atoms with Crippen molar-refractivity contribution in [3.8, 4) is 0 Å². The highest BCUT2D eigenvalue weighted by atomic mass is 35.5. The molecule has 2 saturated heterocycles. The highest BCUT2D eigenvalue weighted by Crippen LogP contribution is 2.32. The lowest BCUT2D eigenvalue weighted by Crippen LogP contribution is -2.55. The highest BCUT2D eigenvalue weighted by Gasteiger charge is 2.50. The molecule has 3 unspecified atom stereocenters.